The highest BCUT2D eigenvalue weighted by atomic mass is 19.3. The zero-order chi connectivity index (χ0) is 25.2. The minimum atomic E-state index is -3.16. The van der Waals surface area contributed by atoms with Gasteiger partial charge in [-0.3, -0.25) is 25.1 Å². The molecule has 2 heterocycles. The van der Waals surface area contributed by atoms with Crippen LogP contribution in [0, 0.1) is 12.8 Å². The molecule has 3 N–H and O–H groups in total. The molecule has 1 aliphatic rings. The van der Waals surface area contributed by atoms with Gasteiger partial charge in [-0.2, -0.15) is 0 Å². The molecule has 2 atom stereocenters. The van der Waals surface area contributed by atoms with E-state index in [0.29, 0.717) is 18.0 Å². The number of anilines is 1. The number of ether oxygens (including phenoxy) is 1. The topological polar surface area (TPSA) is 104 Å². The molecule has 1 saturated heterocycles. The lowest BCUT2D eigenvalue weighted by atomic mass is 9.87. The van der Waals surface area contributed by atoms with Crippen molar-refractivity contribution < 1.29 is 28.3 Å². The number of aromatic nitrogens is 1. The van der Waals surface area contributed by atoms with Gasteiger partial charge in [-0.25, -0.2) is 14.3 Å². The van der Waals surface area contributed by atoms with Gasteiger partial charge in [0, 0.05) is 35.8 Å². The summed E-state index contributed by atoms with van der Waals surface area (Å²) in [6, 6.07) is 15.3. The Morgan fingerprint density at radius 1 is 1.23 bits per heavy atom. The van der Waals surface area contributed by atoms with E-state index < -0.39 is 42.7 Å². The van der Waals surface area contributed by atoms with Gasteiger partial charge in [-0.1, -0.05) is 18.2 Å². The number of likely N-dealkylation sites (N-methyl/N-ethyl adjacent to an activating group) is 1. The number of hydrogen-bond donors (Lipinski definition) is 3. The molecule has 0 spiro atoms. The van der Waals surface area contributed by atoms with Gasteiger partial charge in [0.1, 0.15) is 12.4 Å². The number of hydrogen-bond acceptors (Lipinski definition) is 6. The van der Waals surface area contributed by atoms with E-state index in [4.69, 9.17) is 9.94 Å². The van der Waals surface area contributed by atoms with Gasteiger partial charge < -0.3 is 9.64 Å². The first-order chi connectivity index (χ1) is 16.7. The molecular formula is C25H26F2N4O4. The Morgan fingerprint density at radius 3 is 2.66 bits per heavy atom. The summed E-state index contributed by atoms with van der Waals surface area (Å²) in [5.74, 6) is -5.60. The normalized spacial score (nSPS) is 19.2. The van der Waals surface area contributed by atoms with E-state index in [0.717, 1.165) is 22.2 Å². The second-order valence-electron chi connectivity index (χ2n) is 8.62. The maximum absolute atomic E-state index is 13.8. The van der Waals surface area contributed by atoms with Gasteiger partial charge in [0.15, 0.2) is 0 Å². The number of piperidine rings is 1. The van der Waals surface area contributed by atoms with E-state index in [1.165, 1.54) is 17.4 Å². The van der Waals surface area contributed by atoms with Crippen LogP contribution in [0.5, 0.6) is 5.75 Å². The monoisotopic (exact) mass is 484 g/mol. The third-order valence-electron chi connectivity index (χ3n) is 6.09. The van der Waals surface area contributed by atoms with Crippen LogP contribution in [-0.2, 0) is 16.2 Å². The van der Waals surface area contributed by atoms with E-state index >= 15 is 0 Å². The van der Waals surface area contributed by atoms with Crippen molar-refractivity contribution in [3.8, 4) is 5.75 Å². The second kappa shape index (κ2) is 9.93. The molecule has 0 aliphatic carbocycles. The van der Waals surface area contributed by atoms with E-state index in [9.17, 15) is 18.4 Å². The number of hydroxylamine groups is 1. The number of amides is 2. The standard InChI is InChI=1S/C25H26F2N4O4/c1-15-11-16(19-5-3-4-6-21(19)29-15)13-35-18-9-7-17(8-10-18)31(2)24(33)22-20(23(32)30-34)12-25(26,27)14-28-22/h3-11,20,22,28,34H,12-14H2,1-2H3,(H,30,32)/t20-,22-/m0/s1. The zero-order valence-corrected chi connectivity index (χ0v) is 19.3. The first-order valence-corrected chi connectivity index (χ1v) is 11.1. The van der Waals surface area contributed by atoms with Crippen molar-refractivity contribution in [2.45, 2.75) is 31.9 Å². The molecule has 0 bridgehead atoms. The zero-order valence-electron chi connectivity index (χ0n) is 19.3. The minimum Gasteiger partial charge on any atom is -0.489 e. The lowest BCUT2D eigenvalue weighted by molar-refractivity contribution is -0.145. The molecule has 8 nitrogen and oxygen atoms in total. The highest BCUT2D eigenvalue weighted by molar-refractivity contribution is 6.00. The lowest BCUT2D eigenvalue weighted by Gasteiger charge is -2.36. The Kier molecular flexibility index (Phi) is 6.95. The molecular weight excluding hydrogens is 458 g/mol. The van der Waals surface area contributed by atoms with E-state index in [-0.39, 0.29) is 0 Å². The number of nitrogens with one attached hydrogen (secondary N) is 2. The quantitative estimate of drug-likeness (QED) is 0.367. The first kappa shape index (κ1) is 24.5. The summed E-state index contributed by atoms with van der Waals surface area (Å²) < 4.78 is 33.5. The Labute approximate surface area is 200 Å². The third-order valence-corrected chi connectivity index (χ3v) is 6.09. The maximum atomic E-state index is 13.8. The van der Waals surface area contributed by atoms with Crippen LogP contribution in [0.1, 0.15) is 17.7 Å². The SMILES string of the molecule is Cc1cc(COc2ccc(N(C)C(=O)[C@H]3NCC(F)(F)C[C@@H]3C(=O)NO)cc2)c2ccccc2n1. The Balaban J connectivity index is 1.45. The second-order valence-corrected chi connectivity index (χ2v) is 8.62. The molecule has 2 amide bonds. The molecule has 2 aromatic carbocycles. The van der Waals surface area contributed by atoms with E-state index in [1.807, 2.05) is 37.3 Å². The maximum Gasteiger partial charge on any atom is 0.261 e. The Hall–Kier alpha value is -3.63. The molecule has 184 valence electrons. The number of fused-ring (bicyclic) bond motifs is 1. The van der Waals surface area contributed by atoms with Crippen LogP contribution in [0.15, 0.2) is 54.6 Å². The third kappa shape index (κ3) is 5.39. The molecule has 1 aliphatic heterocycles. The number of benzene rings is 2. The molecule has 4 rings (SSSR count). The number of pyridine rings is 1. The number of carbonyl (C=O) groups is 2. The number of halogens is 2. The van der Waals surface area contributed by atoms with Gasteiger partial charge in [0.05, 0.1) is 24.0 Å². The van der Waals surface area contributed by atoms with Crippen LogP contribution in [0.2, 0.25) is 0 Å². The van der Waals surface area contributed by atoms with Crippen LogP contribution in [0.4, 0.5) is 14.5 Å². The van der Waals surface area contributed by atoms with Gasteiger partial charge in [0.2, 0.25) is 11.8 Å². The fraction of sp³-hybridized carbons (Fsp3) is 0.320. The van der Waals surface area contributed by atoms with Crippen molar-refractivity contribution in [1.29, 1.82) is 0 Å². The van der Waals surface area contributed by atoms with Gasteiger partial charge in [-0.05, 0) is 43.3 Å². The summed E-state index contributed by atoms with van der Waals surface area (Å²) in [4.78, 5) is 30.8. The summed E-state index contributed by atoms with van der Waals surface area (Å²) >= 11 is 0. The van der Waals surface area contributed by atoms with Gasteiger partial charge in [-0.15, -0.1) is 0 Å². The van der Waals surface area contributed by atoms with Crippen molar-refractivity contribution in [2.24, 2.45) is 5.92 Å². The summed E-state index contributed by atoms with van der Waals surface area (Å²) in [5.41, 5.74) is 4.66. The molecule has 10 heteroatoms. The lowest BCUT2D eigenvalue weighted by Crippen LogP contribution is -2.60. The molecule has 1 fully saturated rings. The van der Waals surface area contributed by atoms with Crippen molar-refractivity contribution >= 4 is 28.4 Å². The number of para-hydroxylation sites is 1. The van der Waals surface area contributed by atoms with Crippen LogP contribution in [0.3, 0.4) is 0 Å². The average Bonchev–Trinajstić information content (AvgIpc) is 2.85. The van der Waals surface area contributed by atoms with E-state index in [2.05, 4.69) is 10.3 Å². The molecule has 0 saturated carbocycles. The molecule has 0 unspecified atom stereocenters. The van der Waals surface area contributed by atoms with Crippen LogP contribution in [-0.4, -0.2) is 47.6 Å². The van der Waals surface area contributed by atoms with Gasteiger partial charge in [0.25, 0.3) is 5.92 Å². The van der Waals surface area contributed by atoms with E-state index in [1.54, 1.807) is 24.3 Å². The highest BCUT2D eigenvalue weighted by Gasteiger charge is 2.47. The number of carbonyl (C=O) groups excluding carboxylic acids is 2. The van der Waals surface area contributed by atoms with Crippen LogP contribution < -0.4 is 20.4 Å². The smallest absolute Gasteiger partial charge is 0.261 e. The highest BCUT2D eigenvalue weighted by Crippen LogP contribution is 2.31. The first-order valence-electron chi connectivity index (χ1n) is 11.1. The fourth-order valence-electron chi connectivity index (χ4n) is 4.28. The molecule has 35 heavy (non-hydrogen) atoms. The number of alkyl halides is 2. The minimum absolute atomic E-state index is 0.330. The predicted octanol–water partition coefficient (Wildman–Crippen LogP) is 3.20. The van der Waals surface area contributed by atoms with Crippen LogP contribution >= 0.6 is 0 Å². The summed E-state index contributed by atoms with van der Waals surface area (Å²) in [6.45, 7) is 1.52. The van der Waals surface area contributed by atoms with Crippen molar-refractivity contribution in [2.75, 3.05) is 18.5 Å². The average molecular weight is 485 g/mol. The molecule has 0 radical (unpaired) electrons. The Morgan fingerprint density at radius 2 is 1.94 bits per heavy atom. The summed E-state index contributed by atoms with van der Waals surface area (Å²) in [7, 11) is 1.49. The van der Waals surface area contributed by atoms with Crippen LogP contribution in [0.25, 0.3) is 10.9 Å². The Bertz CT molecular complexity index is 1240. The molecule has 3 aromatic rings. The van der Waals surface area contributed by atoms with Crippen molar-refractivity contribution in [3.05, 3.63) is 65.9 Å². The largest absolute Gasteiger partial charge is 0.489 e. The number of nitrogens with zero attached hydrogens (tertiary/aromatic N) is 2. The number of rotatable bonds is 6. The van der Waals surface area contributed by atoms with Gasteiger partial charge >= 0.3 is 0 Å². The fourth-order valence-corrected chi connectivity index (χ4v) is 4.28. The summed E-state index contributed by atoms with van der Waals surface area (Å²) in [6.07, 6.45) is -0.841. The van der Waals surface area contributed by atoms with Crippen molar-refractivity contribution in [3.63, 3.8) is 0 Å². The molecule has 1 aromatic heterocycles. The summed E-state index contributed by atoms with van der Waals surface area (Å²) in [5, 5.41) is 12.4. The van der Waals surface area contributed by atoms with Crippen molar-refractivity contribution in [1.82, 2.24) is 15.8 Å². The number of aryl methyl sites for hydroxylation is 1. The predicted molar refractivity (Wildman–Crippen MR) is 125 cm³/mol.